The summed E-state index contributed by atoms with van der Waals surface area (Å²) in [7, 11) is 0. The number of hydrogen-bond donors (Lipinski definition) is 0. The Hall–Kier alpha value is 2.18. The maximum Gasteiger partial charge on any atom is 0 e. The van der Waals surface area contributed by atoms with Gasteiger partial charge >= 0.3 is 0 Å². The van der Waals surface area contributed by atoms with Gasteiger partial charge in [-0.15, -0.1) is 0 Å². The Morgan fingerprint density at radius 1 is 0.750 bits per heavy atom. The largest absolute Gasteiger partial charge is 0.412 e. The fourth-order valence-corrected chi connectivity index (χ4v) is 0. The molecular formula is H4CaNaO2. The van der Waals surface area contributed by atoms with Crippen LogP contribution in [0.25, 0.3) is 0 Å². The Bertz CT molecular complexity index is 6.00. The van der Waals surface area contributed by atoms with E-state index in [1.165, 1.54) is 0 Å². The van der Waals surface area contributed by atoms with Crippen LogP contribution in [-0.2, 0) is 0 Å². The molecule has 0 spiro atoms. The zero-order valence-corrected chi connectivity index (χ0v) is 6.92. The molecule has 3 radical (unpaired) electrons. The van der Waals surface area contributed by atoms with Crippen LogP contribution in [0, 0.1) is 0 Å². The normalized spacial score (nSPS) is 0. The molecule has 0 aromatic heterocycles. The van der Waals surface area contributed by atoms with Gasteiger partial charge in [0, 0.05) is 67.3 Å². The van der Waals surface area contributed by atoms with Crippen molar-refractivity contribution in [2.75, 3.05) is 0 Å². The molecule has 0 aromatic rings. The van der Waals surface area contributed by atoms with Crippen LogP contribution in [0.1, 0.15) is 0 Å². The van der Waals surface area contributed by atoms with Gasteiger partial charge in [0.2, 0.25) is 0 Å². The van der Waals surface area contributed by atoms with E-state index in [1.54, 1.807) is 0 Å². The van der Waals surface area contributed by atoms with Crippen molar-refractivity contribution >= 4 is 67.3 Å². The molecule has 0 aliphatic carbocycles. The third-order valence-electron chi connectivity index (χ3n) is 0. The van der Waals surface area contributed by atoms with Crippen LogP contribution in [0.15, 0.2) is 0 Å². The third kappa shape index (κ3) is 8.89. The van der Waals surface area contributed by atoms with Crippen LogP contribution >= 0.6 is 0 Å². The first-order valence-corrected chi connectivity index (χ1v) is 0. The van der Waals surface area contributed by atoms with Gasteiger partial charge in [-0.05, 0) is 0 Å². The first kappa shape index (κ1) is 34.9. The van der Waals surface area contributed by atoms with E-state index in [-0.39, 0.29) is 78.2 Å². The van der Waals surface area contributed by atoms with Crippen LogP contribution in [0.3, 0.4) is 0 Å². The Morgan fingerprint density at radius 3 is 0.750 bits per heavy atom. The van der Waals surface area contributed by atoms with Gasteiger partial charge in [-0.2, -0.15) is 0 Å². The SMILES string of the molecule is O.O.[Ca].[Na]. The summed E-state index contributed by atoms with van der Waals surface area (Å²) in [6, 6.07) is 0. The molecule has 0 aromatic carbocycles. The average Bonchev–Trinajstić information content (AvgIpc) is 0. The molecule has 4 N–H and O–H groups in total. The van der Waals surface area contributed by atoms with E-state index in [2.05, 4.69) is 0 Å². The summed E-state index contributed by atoms with van der Waals surface area (Å²) < 4.78 is 0. The Kier molecular flexibility index (Phi) is 166. The smallest absolute Gasteiger partial charge is 0 e. The van der Waals surface area contributed by atoms with E-state index in [1.807, 2.05) is 0 Å². The maximum atomic E-state index is 0. The van der Waals surface area contributed by atoms with Crippen molar-refractivity contribution in [3.05, 3.63) is 0 Å². The molecule has 0 aliphatic rings. The van der Waals surface area contributed by atoms with E-state index in [9.17, 15) is 0 Å². The number of hydrogen-bond acceptors (Lipinski definition) is 0. The van der Waals surface area contributed by atoms with Gasteiger partial charge in [-0.3, -0.25) is 0 Å². The fourth-order valence-electron chi connectivity index (χ4n) is 0. The second-order valence-corrected chi connectivity index (χ2v) is 0. The van der Waals surface area contributed by atoms with E-state index in [4.69, 9.17) is 0 Å². The molecule has 0 amide bonds. The monoisotopic (exact) mass is 99.0 g/mol. The van der Waals surface area contributed by atoms with Gasteiger partial charge in [0.15, 0.2) is 0 Å². The topological polar surface area (TPSA) is 63.0 Å². The van der Waals surface area contributed by atoms with Gasteiger partial charge in [0.05, 0.1) is 0 Å². The van der Waals surface area contributed by atoms with Gasteiger partial charge < -0.3 is 11.0 Å². The summed E-state index contributed by atoms with van der Waals surface area (Å²) in [5.41, 5.74) is 0. The molecule has 0 bridgehead atoms. The Balaban J connectivity index is 0. The van der Waals surface area contributed by atoms with E-state index < -0.39 is 0 Å². The zero-order valence-electron chi connectivity index (χ0n) is 2.71. The molecule has 0 saturated carbocycles. The fraction of sp³-hybridized carbons (Fsp3) is 0. The molecule has 0 rings (SSSR count). The Labute approximate surface area is 76.9 Å². The molecule has 2 nitrogen and oxygen atoms in total. The van der Waals surface area contributed by atoms with Crippen molar-refractivity contribution in [3.63, 3.8) is 0 Å². The van der Waals surface area contributed by atoms with Crippen LogP contribution in [0.2, 0.25) is 0 Å². The second-order valence-electron chi connectivity index (χ2n) is 0. The summed E-state index contributed by atoms with van der Waals surface area (Å²) in [5.74, 6) is 0. The summed E-state index contributed by atoms with van der Waals surface area (Å²) >= 11 is 0. The molecule has 0 unspecified atom stereocenters. The molecule has 0 fully saturated rings. The first-order valence-electron chi connectivity index (χ1n) is 0. The van der Waals surface area contributed by atoms with Crippen LogP contribution < -0.4 is 0 Å². The second kappa shape index (κ2) is 19.0. The van der Waals surface area contributed by atoms with E-state index in [0.717, 1.165) is 0 Å². The third-order valence-corrected chi connectivity index (χ3v) is 0. The van der Waals surface area contributed by atoms with Crippen molar-refractivity contribution in [1.82, 2.24) is 0 Å². The Morgan fingerprint density at radius 2 is 0.750 bits per heavy atom. The van der Waals surface area contributed by atoms with Crippen molar-refractivity contribution in [1.29, 1.82) is 0 Å². The maximum absolute atomic E-state index is 0. The average molecular weight is 99.1 g/mol. The molecule has 0 heterocycles. The molecular weight excluding hydrogens is 95.1 g/mol. The summed E-state index contributed by atoms with van der Waals surface area (Å²) in [6.07, 6.45) is 0. The van der Waals surface area contributed by atoms with Crippen LogP contribution in [0.4, 0.5) is 0 Å². The van der Waals surface area contributed by atoms with Gasteiger partial charge in [-0.25, -0.2) is 0 Å². The molecule has 0 saturated heterocycles. The van der Waals surface area contributed by atoms with Gasteiger partial charge in [0.25, 0.3) is 0 Å². The minimum Gasteiger partial charge on any atom is -0.412 e. The van der Waals surface area contributed by atoms with Crippen molar-refractivity contribution in [2.45, 2.75) is 0 Å². The molecule has 0 atom stereocenters. The quantitative estimate of drug-likeness (QED) is 0.304. The summed E-state index contributed by atoms with van der Waals surface area (Å²) in [5, 5.41) is 0. The molecule has 4 heteroatoms. The van der Waals surface area contributed by atoms with Crippen LogP contribution in [0.5, 0.6) is 0 Å². The van der Waals surface area contributed by atoms with E-state index >= 15 is 0 Å². The van der Waals surface area contributed by atoms with Crippen molar-refractivity contribution in [3.8, 4) is 0 Å². The predicted molar refractivity (Wildman–Crippen MR) is 18.7 cm³/mol. The van der Waals surface area contributed by atoms with Crippen LogP contribution in [-0.4, -0.2) is 78.2 Å². The molecule has 0 aliphatic heterocycles. The van der Waals surface area contributed by atoms with Gasteiger partial charge in [-0.1, -0.05) is 0 Å². The summed E-state index contributed by atoms with van der Waals surface area (Å²) in [6.45, 7) is 0. The van der Waals surface area contributed by atoms with Crippen molar-refractivity contribution in [2.24, 2.45) is 0 Å². The summed E-state index contributed by atoms with van der Waals surface area (Å²) in [4.78, 5) is 0. The molecule has 4 heavy (non-hydrogen) atoms. The standard InChI is InChI=1S/Ca.Na.2H2O/h;;2*1H2. The van der Waals surface area contributed by atoms with Gasteiger partial charge in [0.1, 0.15) is 0 Å². The number of rotatable bonds is 0. The first-order chi connectivity index (χ1) is 0. The minimum atomic E-state index is 0. The van der Waals surface area contributed by atoms with E-state index in [0.29, 0.717) is 0 Å². The van der Waals surface area contributed by atoms with Crippen molar-refractivity contribution < 1.29 is 11.0 Å². The zero-order chi connectivity index (χ0) is 0. The predicted octanol–water partition coefficient (Wildman–Crippen LogP) is -2.41. The minimum absolute atomic E-state index is 0. The molecule has 19 valence electrons.